The van der Waals surface area contributed by atoms with Crippen LogP contribution in [0.2, 0.25) is 0 Å². The second-order valence-corrected chi connectivity index (χ2v) is 7.67. The van der Waals surface area contributed by atoms with E-state index in [4.69, 9.17) is 9.84 Å². The molecule has 1 aromatic rings. The fourth-order valence-corrected chi connectivity index (χ4v) is 2.93. The van der Waals surface area contributed by atoms with Crippen LogP contribution in [-0.2, 0) is 10.2 Å². The van der Waals surface area contributed by atoms with Crippen molar-refractivity contribution < 1.29 is 14.6 Å². The highest BCUT2D eigenvalue weighted by atomic mass is 16.5. The van der Waals surface area contributed by atoms with E-state index in [0.717, 1.165) is 12.2 Å². The Morgan fingerprint density at radius 3 is 2.10 bits per heavy atom. The molecule has 1 rings (SSSR count). The zero-order valence-electron chi connectivity index (χ0n) is 14.1. The lowest BCUT2D eigenvalue weighted by molar-refractivity contribution is -0.138. The zero-order valence-corrected chi connectivity index (χ0v) is 14.1. The topological polar surface area (TPSA) is 46.5 Å². The van der Waals surface area contributed by atoms with Crippen molar-refractivity contribution in [1.29, 1.82) is 0 Å². The van der Waals surface area contributed by atoms with E-state index in [1.165, 1.54) is 5.56 Å². The summed E-state index contributed by atoms with van der Waals surface area (Å²) in [6.45, 7) is 13.0. The molecule has 0 heterocycles. The van der Waals surface area contributed by atoms with Crippen molar-refractivity contribution in [3.05, 3.63) is 29.8 Å². The third kappa shape index (κ3) is 6.19. The van der Waals surface area contributed by atoms with Gasteiger partial charge >= 0.3 is 5.97 Å². The first-order chi connectivity index (χ1) is 9.49. The molecular formula is C18H28O3. The summed E-state index contributed by atoms with van der Waals surface area (Å²) in [5.41, 5.74) is 1.65. The molecule has 0 saturated carbocycles. The molecule has 0 aromatic heterocycles. The van der Waals surface area contributed by atoms with Gasteiger partial charge in [-0.1, -0.05) is 46.8 Å². The lowest BCUT2D eigenvalue weighted by atomic mass is 9.72. The van der Waals surface area contributed by atoms with Crippen LogP contribution in [0.1, 0.15) is 59.9 Å². The normalized spacial score (nSPS) is 13.8. The van der Waals surface area contributed by atoms with Gasteiger partial charge in [-0.25, -0.2) is 0 Å². The minimum Gasteiger partial charge on any atom is -0.490 e. The van der Waals surface area contributed by atoms with Gasteiger partial charge < -0.3 is 9.84 Å². The van der Waals surface area contributed by atoms with E-state index >= 15 is 0 Å². The van der Waals surface area contributed by atoms with Crippen LogP contribution in [0.3, 0.4) is 0 Å². The predicted molar refractivity (Wildman–Crippen MR) is 85.9 cm³/mol. The number of rotatable bonds is 6. The molecule has 0 saturated heterocycles. The highest BCUT2D eigenvalue weighted by Crippen LogP contribution is 2.36. The molecule has 3 nitrogen and oxygen atoms in total. The summed E-state index contributed by atoms with van der Waals surface area (Å²) in [6.07, 6.45) is 0.781. The van der Waals surface area contributed by atoms with E-state index in [-0.39, 0.29) is 23.4 Å². The molecule has 0 amide bonds. The molecule has 0 aliphatic heterocycles. The van der Waals surface area contributed by atoms with Crippen molar-refractivity contribution in [2.24, 2.45) is 5.41 Å². The first kappa shape index (κ1) is 17.5. The number of hydrogen-bond acceptors (Lipinski definition) is 2. The molecule has 0 bridgehead atoms. The lowest BCUT2D eigenvalue weighted by Gasteiger charge is -2.33. The number of hydrogen-bond donors (Lipinski definition) is 1. The van der Waals surface area contributed by atoms with Gasteiger partial charge in [-0.2, -0.15) is 0 Å². The van der Waals surface area contributed by atoms with Crippen molar-refractivity contribution in [3.63, 3.8) is 0 Å². The number of ether oxygens (including phenoxy) is 1. The van der Waals surface area contributed by atoms with Crippen LogP contribution >= 0.6 is 0 Å². The molecule has 1 N–H and O–H groups in total. The molecule has 0 aliphatic carbocycles. The van der Waals surface area contributed by atoms with Gasteiger partial charge in [0.05, 0.1) is 6.42 Å². The van der Waals surface area contributed by atoms with Crippen LogP contribution in [0, 0.1) is 5.41 Å². The minimum atomic E-state index is -0.842. The summed E-state index contributed by atoms with van der Waals surface area (Å²) in [5.74, 6) is -0.121. The van der Waals surface area contributed by atoms with Crippen molar-refractivity contribution in [1.82, 2.24) is 0 Å². The fourth-order valence-electron chi connectivity index (χ4n) is 2.93. The Labute approximate surface area is 128 Å². The summed E-state index contributed by atoms with van der Waals surface area (Å²) in [4.78, 5) is 10.6. The van der Waals surface area contributed by atoms with Crippen molar-refractivity contribution in [3.8, 4) is 5.75 Å². The smallest absolute Gasteiger partial charge is 0.307 e. The monoisotopic (exact) mass is 292 g/mol. The first-order valence-electron chi connectivity index (χ1n) is 7.49. The molecule has 0 fully saturated rings. The second kappa shape index (κ2) is 6.50. The van der Waals surface area contributed by atoms with E-state index in [9.17, 15) is 4.79 Å². The van der Waals surface area contributed by atoms with Crippen LogP contribution in [0.15, 0.2) is 24.3 Å². The van der Waals surface area contributed by atoms with Crippen LogP contribution in [0.5, 0.6) is 5.75 Å². The summed E-state index contributed by atoms with van der Waals surface area (Å²) in [7, 11) is 0. The first-order valence-corrected chi connectivity index (χ1v) is 7.49. The van der Waals surface area contributed by atoms with Gasteiger partial charge in [0, 0.05) is 0 Å². The predicted octanol–water partition coefficient (Wildman–Crippen LogP) is 4.64. The van der Waals surface area contributed by atoms with E-state index in [1.54, 1.807) is 6.92 Å². The van der Waals surface area contributed by atoms with Crippen LogP contribution < -0.4 is 4.74 Å². The Hall–Kier alpha value is -1.51. The average Bonchev–Trinajstić information content (AvgIpc) is 2.24. The third-order valence-corrected chi connectivity index (χ3v) is 3.41. The minimum absolute atomic E-state index is 0.0112. The average molecular weight is 292 g/mol. The van der Waals surface area contributed by atoms with Crippen LogP contribution in [0.25, 0.3) is 0 Å². The van der Waals surface area contributed by atoms with Gasteiger partial charge in [-0.3, -0.25) is 4.79 Å². The van der Waals surface area contributed by atoms with Gasteiger partial charge in [-0.15, -0.1) is 0 Å². The second-order valence-electron chi connectivity index (χ2n) is 7.67. The van der Waals surface area contributed by atoms with Gasteiger partial charge in [0.25, 0.3) is 0 Å². The van der Waals surface area contributed by atoms with Gasteiger partial charge in [0.1, 0.15) is 11.9 Å². The number of carbonyl (C=O) groups is 1. The van der Waals surface area contributed by atoms with E-state index in [1.807, 2.05) is 12.1 Å². The Bertz CT molecular complexity index is 466. The molecule has 1 atom stereocenters. The highest BCUT2D eigenvalue weighted by molar-refractivity contribution is 5.67. The molecule has 0 spiro atoms. The molecule has 21 heavy (non-hydrogen) atoms. The van der Waals surface area contributed by atoms with Crippen LogP contribution in [0.4, 0.5) is 0 Å². The van der Waals surface area contributed by atoms with E-state index in [2.05, 4.69) is 46.8 Å². The van der Waals surface area contributed by atoms with Crippen molar-refractivity contribution >= 4 is 5.97 Å². The van der Waals surface area contributed by atoms with Crippen LogP contribution in [-0.4, -0.2) is 17.2 Å². The largest absolute Gasteiger partial charge is 0.490 e. The molecule has 1 unspecified atom stereocenters. The van der Waals surface area contributed by atoms with E-state index in [0.29, 0.717) is 0 Å². The van der Waals surface area contributed by atoms with Gasteiger partial charge in [0.2, 0.25) is 0 Å². The molecule has 0 radical (unpaired) electrons. The van der Waals surface area contributed by atoms with Gasteiger partial charge in [0.15, 0.2) is 0 Å². The Balaban J connectivity index is 2.75. The summed E-state index contributed by atoms with van der Waals surface area (Å²) in [6, 6.07) is 8.01. The Morgan fingerprint density at radius 1 is 1.14 bits per heavy atom. The summed E-state index contributed by atoms with van der Waals surface area (Å²) >= 11 is 0. The molecular weight excluding hydrogens is 264 g/mol. The van der Waals surface area contributed by atoms with E-state index < -0.39 is 5.97 Å². The quantitative estimate of drug-likeness (QED) is 0.830. The maximum atomic E-state index is 10.6. The summed E-state index contributed by atoms with van der Waals surface area (Å²) < 4.78 is 5.61. The maximum absolute atomic E-state index is 10.6. The molecule has 3 heteroatoms. The summed E-state index contributed by atoms with van der Waals surface area (Å²) in [5, 5.41) is 8.74. The molecule has 0 aliphatic rings. The zero-order chi connectivity index (χ0) is 16.3. The molecule has 1 aromatic carbocycles. The maximum Gasteiger partial charge on any atom is 0.307 e. The standard InChI is InChI=1S/C18H28O3/c1-13(11-16(19)20)21-15-9-7-14(8-10-15)18(5,6)12-17(2,3)4/h7-10,13H,11-12H2,1-6H3,(H,19,20). The molecule has 118 valence electrons. The van der Waals surface area contributed by atoms with Gasteiger partial charge in [-0.05, 0) is 41.9 Å². The Kier molecular flexibility index (Phi) is 5.43. The number of carboxylic acid groups (broad SMARTS) is 1. The number of benzene rings is 1. The van der Waals surface area contributed by atoms with Crippen molar-refractivity contribution in [2.75, 3.05) is 0 Å². The fraction of sp³-hybridized carbons (Fsp3) is 0.611. The lowest BCUT2D eigenvalue weighted by Crippen LogP contribution is -2.24. The highest BCUT2D eigenvalue weighted by Gasteiger charge is 2.27. The number of carboxylic acids is 1. The number of aliphatic carboxylic acids is 1. The Morgan fingerprint density at radius 2 is 1.67 bits per heavy atom. The third-order valence-electron chi connectivity index (χ3n) is 3.41. The van der Waals surface area contributed by atoms with Crippen molar-refractivity contribution in [2.45, 2.75) is 65.9 Å². The SMILES string of the molecule is CC(CC(=O)O)Oc1ccc(C(C)(C)CC(C)(C)C)cc1.